The maximum absolute atomic E-state index is 5.44. The molecule has 0 saturated heterocycles. The summed E-state index contributed by atoms with van der Waals surface area (Å²) in [5.41, 5.74) is 15.5. The molecule has 0 radical (unpaired) electrons. The largest absolute Gasteiger partial charge is 0.252 e. The van der Waals surface area contributed by atoms with Crippen LogP contribution in [-0.4, -0.2) is 9.97 Å². The normalized spacial score (nSPS) is 13.0. The third-order valence-electron chi connectivity index (χ3n) is 13.2. The van der Waals surface area contributed by atoms with Crippen LogP contribution in [0.2, 0.25) is 0 Å². The van der Waals surface area contributed by atoms with Gasteiger partial charge in [0.2, 0.25) is 0 Å². The van der Waals surface area contributed by atoms with E-state index in [1.165, 1.54) is 86.6 Å². The summed E-state index contributed by atoms with van der Waals surface area (Å²) in [7, 11) is 0. The maximum atomic E-state index is 5.44. The van der Waals surface area contributed by atoms with E-state index in [1.807, 2.05) is 17.5 Å². The van der Waals surface area contributed by atoms with Crippen LogP contribution in [0.4, 0.5) is 0 Å². The first-order valence-corrected chi connectivity index (χ1v) is 22.0. The molecule has 1 aliphatic rings. The smallest absolute Gasteiger partial charge is 0.0979 e. The number of nitrogens with zero attached hydrogens (tertiary/aromatic N) is 2. The van der Waals surface area contributed by atoms with Crippen LogP contribution in [0.5, 0.6) is 0 Å². The Hall–Kier alpha value is -7.72. The molecule has 0 bridgehead atoms. The van der Waals surface area contributed by atoms with Crippen LogP contribution in [-0.2, 0) is 5.41 Å². The summed E-state index contributed by atoms with van der Waals surface area (Å²) in [6.45, 7) is 0. The van der Waals surface area contributed by atoms with Crippen molar-refractivity contribution >= 4 is 64.1 Å². The maximum Gasteiger partial charge on any atom is 0.0979 e. The van der Waals surface area contributed by atoms with Gasteiger partial charge in [0.25, 0.3) is 0 Å². The standard InChI is InChI=1S/C59H36N2S/c1-3-14-41(15-4-1)59(42-16-5-2-6-17-42)52-34-39(37-26-28-38(29-27-37)43-23-13-24-51-48-20-11-12-25-55(48)62-58(43)51)30-32-46(52)47-33-31-40(35-53(47)59)54-36-60-56-49-21-9-7-18-44(49)45-19-8-10-22-50(45)57(56)61-54/h1-36H. The van der Waals surface area contributed by atoms with Crippen molar-refractivity contribution in [2.24, 2.45) is 0 Å². The summed E-state index contributed by atoms with van der Waals surface area (Å²) < 4.78 is 2.66. The van der Waals surface area contributed by atoms with Crippen molar-refractivity contribution in [1.29, 1.82) is 0 Å². The van der Waals surface area contributed by atoms with Crippen molar-refractivity contribution in [3.63, 3.8) is 0 Å². The number of benzene rings is 10. The number of rotatable bonds is 5. The van der Waals surface area contributed by atoms with E-state index < -0.39 is 5.41 Å². The Bertz CT molecular complexity index is 3660. The summed E-state index contributed by atoms with van der Waals surface area (Å²) in [6.07, 6.45) is 1.96. The van der Waals surface area contributed by atoms with E-state index in [9.17, 15) is 0 Å². The van der Waals surface area contributed by atoms with Crippen LogP contribution in [0.15, 0.2) is 219 Å². The zero-order valence-corrected chi connectivity index (χ0v) is 34.4. The van der Waals surface area contributed by atoms with Crippen LogP contribution in [0.25, 0.3) is 97.4 Å². The van der Waals surface area contributed by atoms with Crippen LogP contribution in [0, 0.1) is 0 Å². The average Bonchev–Trinajstić information content (AvgIpc) is 3.88. The van der Waals surface area contributed by atoms with Gasteiger partial charge in [-0.1, -0.05) is 194 Å². The van der Waals surface area contributed by atoms with Crippen LogP contribution >= 0.6 is 11.3 Å². The SMILES string of the molecule is c1ccc(C2(c3ccccc3)c3cc(-c4ccc(-c5cccc6c5sc5ccccc56)cc4)ccc3-c3ccc(-c4cnc5c6ccccc6c6ccccc6c5n4)cc32)cc1. The fourth-order valence-electron chi connectivity index (χ4n) is 10.4. The first kappa shape index (κ1) is 35.1. The van der Waals surface area contributed by atoms with Gasteiger partial charge in [-0.05, 0) is 84.6 Å². The lowest BCUT2D eigenvalue weighted by Crippen LogP contribution is -2.28. The molecule has 10 aromatic carbocycles. The quantitative estimate of drug-likeness (QED) is 0.162. The monoisotopic (exact) mass is 804 g/mol. The second-order valence-corrected chi connectivity index (χ2v) is 17.5. The molecule has 0 amide bonds. The molecule has 0 N–H and O–H groups in total. The molecule has 2 nitrogen and oxygen atoms in total. The van der Waals surface area contributed by atoms with Gasteiger partial charge in [-0.3, -0.25) is 4.98 Å². The lowest BCUT2D eigenvalue weighted by molar-refractivity contribution is 0.769. The van der Waals surface area contributed by atoms with E-state index in [4.69, 9.17) is 9.97 Å². The minimum absolute atomic E-state index is 0.580. The van der Waals surface area contributed by atoms with Gasteiger partial charge in [0.15, 0.2) is 0 Å². The van der Waals surface area contributed by atoms with Gasteiger partial charge in [0, 0.05) is 36.5 Å². The number of hydrogen-bond donors (Lipinski definition) is 0. The summed E-state index contributed by atoms with van der Waals surface area (Å²) in [5, 5.41) is 7.27. The molecular weight excluding hydrogens is 769 g/mol. The van der Waals surface area contributed by atoms with Crippen molar-refractivity contribution in [3.8, 4) is 44.6 Å². The molecule has 0 saturated carbocycles. The van der Waals surface area contributed by atoms with E-state index in [1.54, 1.807) is 0 Å². The third kappa shape index (κ3) is 5.09. The second-order valence-electron chi connectivity index (χ2n) is 16.4. The fourth-order valence-corrected chi connectivity index (χ4v) is 11.6. The van der Waals surface area contributed by atoms with Gasteiger partial charge in [0.1, 0.15) is 0 Å². The van der Waals surface area contributed by atoms with Crippen LogP contribution in [0.1, 0.15) is 22.3 Å². The molecule has 12 aromatic rings. The van der Waals surface area contributed by atoms with Crippen LogP contribution < -0.4 is 0 Å². The summed E-state index contributed by atoms with van der Waals surface area (Å²) in [4.78, 5) is 10.6. The minimum Gasteiger partial charge on any atom is -0.252 e. The highest BCUT2D eigenvalue weighted by atomic mass is 32.1. The fraction of sp³-hybridized carbons (Fsp3) is 0.0169. The molecule has 62 heavy (non-hydrogen) atoms. The highest BCUT2D eigenvalue weighted by molar-refractivity contribution is 7.26. The Balaban J connectivity index is 0.985. The van der Waals surface area contributed by atoms with E-state index in [0.717, 1.165) is 33.1 Å². The molecule has 2 heterocycles. The Morgan fingerprint density at radius 3 is 1.55 bits per heavy atom. The Morgan fingerprint density at radius 2 is 0.871 bits per heavy atom. The molecule has 0 spiro atoms. The summed E-state index contributed by atoms with van der Waals surface area (Å²) >= 11 is 1.88. The highest BCUT2D eigenvalue weighted by Gasteiger charge is 2.46. The molecule has 3 heteroatoms. The van der Waals surface area contributed by atoms with Gasteiger partial charge in [-0.15, -0.1) is 11.3 Å². The average molecular weight is 805 g/mol. The molecule has 1 aliphatic carbocycles. The van der Waals surface area contributed by atoms with Crippen molar-refractivity contribution in [3.05, 3.63) is 241 Å². The number of thiophene rings is 1. The van der Waals surface area contributed by atoms with Gasteiger partial charge in [-0.2, -0.15) is 0 Å². The number of fused-ring (bicyclic) bond motifs is 12. The summed E-state index contributed by atoms with van der Waals surface area (Å²) in [5.74, 6) is 0. The highest BCUT2D eigenvalue weighted by Crippen LogP contribution is 2.57. The topological polar surface area (TPSA) is 25.8 Å². The molecule has 0 aliphatic heterocycles. The molecular formula is C59H36N2S. The van der Waals surface area contributed by atoms with E-state index in [0.29, 0.717) is 0 Å². The lowest BCUT2D eigenvalue weighted by Gasteiger charge is -2.34. The Kier molecular flexibility index (Phi) is 7.72. The molecule has 0 atom stereocenters. The van der Waals surface area contributed by atoms with Gasteiger partial charge >= 0.3 is 0 Å². The van der Waals surface area contributed by atoms with Gasteiger partial charge in [0.05, 0.1) is 28.3 Å². The predicted octanol–water partition coefficient (Wildman–Crippen LogP) is 15.7. The van der Waals surface area contributed by atoms with Crippen LogP contribution in [0.3, 0.4) is 0 Å². The Labute approximate surface area is 363 Å². The number of hydrogen-bond acceptors (Lipinski definition) is 3. The second kappa shape index (κ2) is 13.7. The third-order valence-corrected chi connectivity index (χ3v) is 14.4. The first-order valence-electron chi connectivity index (χ1n) is 21.2. The first-order chi connectivity index (χ1) is 30.7. The van der Waals surface area contributed by atoms with Crippen molar-refractivity contribution in [2.45, 2.75) is 5.41 Å². The van der Waals surface area contributed by atoms with Gasteiger partial charge in [-0.25, -0.2) is 4.98 Å². The minimum atomic E-state index is -0.580. The molecule has 0 fully saturated rings. The van der Waals surface area contributed by atoms with Crippen molar-refractivity contribution in [1.82, 2.24) is 9.97 Å². The zero-order valence-electron chi connectivity index (χ0n) is 33.6. The van der Waals surface area contributed by atoms with Crippen molar-refractivity contribution in [2.75, 3.05) is 0 Å². The van der Waals surface area contributed by atoms with Crippen molar-refractivity contribution < 1.29 is 0 Å². The lowest BCUT2D eigenvalue weighted by atomic mass is 9.67. The molecule has 2 aromatic heterocycles. The number of aromatic nitrogens is 2. The van der Waals surface area contributed by atoms with E-state index in [2.05, 4.69) is 212 Å². The summed E-state index contributed by atoms with van der Waals surface area (Å²) in [6, 6.07) is 77.8. The van der Waals surface area contributed by atoms with Gasteiger partial charge < -0.3 is 0 Å². The molecule has 13 rings (SSSR count). The molecule has 0 unspecified atom stereocenters. The zero-order chi connectivity index (χ0) is 40.8. The molecule has 288 valence electrons. The van der Waals surface area contributed by atoms with E-state index >= 15 is 0 Å². The Morgan fingerprint density at radius 1 is 0.355 bits per heavy atom. The van der Waals surface area contributed by atoms with E-state index in [-0.39, 0.29) is 0 Å². The predicted molar refractivity (Wildman–Crippen MR) is 261 cm³/mol.